The summed E-state index contributed by atoms with van der Waals surface area (Å²) in [7, 11) is 0. The Morgan fingerprint density at radius 1 is 1.09 bits per heavy atom. The highest BCUT2D eigenvalue weighted by Crippen LogP contribution is 2.24. The predicted octanol–water partition coefficient (Wildman–Crippen LogP) is 4.04. The maximum Gasteiger partial charge on any atom is 0.227 e. The van der Waals surface area contributed by atoms with Crippen molar-refractivity contribution in [2.75, 3.05) is 31.1 Å². The molecule has 2 aromatic heterocycles. The number of piperazine rings is 1. The van der Waals surface area contributed by atoms with Crippen molar-refractivity contribution in [3.63, 3.8) is 0 Å². The van der Waals surface area contributed by atoms with Gasteiger partial charge in [-0.2, -0.15) is 5.26 Å². The molecule has 3 heterocycles. The molecule has 2 aromatic carbocycles. The fourth-order valence-corrected chi connectivity index (χ4v) is 4.22. The number of fused-ring (bicyclic) bond motifs is 1. The Morgan fingerprint density at radius 2 is 1.94 bits per heavy atom. The topological polar surface area (TPSA) is 88.9 Å². The molecule has 0 saturated carbocycles. The summed E-state index contributed by atoms with van der Waals surface area (Å²) in [5.41, 5.74) is 4.09. The van der Waals surface area contributed by atoms with Gasteiger partial charge in [0, 0.05) is 43.0 Å². The molecular weight excluding hydrogens is 436 g/mol. The van der Waals surface area contributed by atoms with Crippen molar-refractivity contribution >= 4 is 34.4 Å². The Hall–Kier alpha value is -3.89. The number of carbonyl (C=O) groups excluding carboxylic acids is 1. The van der Waals surface area contributed by atoms with Gasteiger partial charge >= 0.3 is 0 Å². The lowest BCUT2D eigenvalue weighted by molar-refractivity contribution is -0.130. The van der Waals surface area contributed by atoms with E-state index in [-0.39, 0.29) is 5.91 Å². The summed E-state index contributed by atoms with van der Waals surface area (Å²) >= 11 is 6.06. The van der Waals surface area contributed by atoms with Gasteiger partial charge in [0.15, 0.2) is 0 Å². The number of nitrogens with one attached hydrogen (secondary N) is 1. The monoisotopic (exact) mass is 456 g/mol. The van der Waals surface area contributed by atoms with Crippen LogP contribution in [-0.2, 0) is 11.2 Å². The molecule has 1 N–H and O–H groups in total. The maximum absolute atomic E-state index is 12.7. The van der Waals surface area contributed by atoms with Gasteiger partial charge in [-0.3, -0.25) is 4.79 Å². The summed E-state index contributed by atoms with van der Waals surface area (Å²) < 4.78 is 0. The first-order chi connectivity index (χ1) is 16.1. The van der Waals surface area contributed by atoms with Crippen molar-refractivity contribution in [2.45, 2.75) is 6.42 Å². The number of hydrogen-bond donors (Lipinski definition) is 1. The molecule has 1 aliphatic rings. The minimum atomic E-state index is 0.0815. The van der Waals surface area contributed by atoms with Crippen molar-refractivity contribution < 1.29 is 4.79 Å². The van der Waals surface area contributed by atoms with Crippen LogP contribution in [0, 0.1) is 11.3 Å². The number of hydrogen-bond acceptors (Lipinski definition) is 5. The van der Waals surface area contributed by atoms with E-state index in [1.54, 1.807) is 12.1 Å². The van der Waals surface area contributed by atoms with Crippen LogP contribution in [0.15, 0.2) is 60.8 Å². The molecule has 1 saturated heterocycles. The summed E-state index contributed by atoms with van der Waals surface area (Å²) in [6, 6.07) is 18.9. The summed E-state index contributed by atoms with van der Waals surface area (Å²) in [5, 5.41) is 9.70. The Bertz CT molecular complexity index is 1350. The van der Waals surface area contributed by atoms with Crippen molar-refractivity contribution in [3.05, 3.63) is 76.9 Å². The van der Waals surface area contributed by atoms with Crippen LogP contribution in [0.4, 0.5) is 5.82 Å². The molecule has 0 bridgehead atoms. The third-order valence-electron chi connectivity index (χ3n) is 5.83. The van der Waals surface area contributed by atoms with Gasteiger partial charge in [-0.15, -0.1) is 0 Å². The maximum atomic E-state index is 12.7. The number of carbonyl (C=O) groups is 1. The molecule has 0 atom stereocenters. The van der Waals surface area contributed by atoms with Gasteiger partial charge in [0.25, 0.3) is 0 Å². The fourth-order valence-electron chi connectivity index (χ4n) is 4.05. The van der Waals surface area contributed by atoms with Crippen molar-refractivity contribution in [2.24, 2.45) is 0 Å². The van der Waals surface area contributed by atoms with Gasteiger partial charge in [-0.1, -0.05) is 23.7 Å². The molecule has 0 spiro atoms. The van der Waals surface area contributed by atoms with Crippen LogP contribution >= 0.6 is 11.6 Å². The van der Waals surface area contributed by atoms with E-state index in [2.05, 4.69) is 25.9 Å². The van der Waals surface area contributed by atoms with Crippen LogP contribution in [0.5, 0.6) is 0 Å². The summed E-state index contributed by atoms with van der Waals surface area (Å²) in [6.07, 6.45) is 2.12. The van der Waals surface area contributed by atoms with Gasteiger partial charge in [0.1, 0.15) is 11.6 Å². The first-order valence-corrected chi connectivity index (χ1v) is 11.1. The Morgan fingerprint density at radius 3 is 2.70 bits per heavy atom. The number of nitriles is 1. The number of aromatic amines is 1. The molecule has 164 valence electrons. The number of benzene rings is 2. The standard InChI is InChI=1S/C25H21ClN6O/c26-20-5-6-21-22(14-20)30-25(29-21)19-4-7-23(28-16-19)31-8-10-32(11-9-31)24(33)13-17-2-1-3-18(12-17)15-27/h1-7,12,14,16H,8-11,13H2,(H,29,30). The van der Waals surface area contributed by atoms with E-state index < -0.39 is 0 Å². The minimum absolute atomic E-state index is 0.0815. The van der Waals surface area contributed by atoms with E-state index in [1.165, 1.54) is 0 Å². The average molecular weight is 457 g/mol. The second-order valence-corrected chi connectivity index (χ2v) is 8.45. The van der Waals surface area contributed by atoms with Crippen LogP contribution in [-0.4, -0.2) is 51.9 Å². The van der Waals surface area contributed by atoms with Gasteiger partial charge in [-0.05, 0) is 48.0 Å². The summed E-state index contributed by atoms with van der Waals surface area (Å²) in [6.45, 7) is 2.73. The molecule has 5 rings (SSSR count). The van der Waals surface area contributed by atoms with Gasteiger partial charge < -0.3 is 14.8 Å². The van der Waals surface area contributed by atoms with E-state index in [4.69, 9.17) is 16.9 Å². The SMILES string of the molecule is N#Cc1cccc(CC(=O)N2CCN(c3ccc(-c4nc5cc(Cl)ccc5[nH]4)cn3)CC2)c1. The zero-order valence-corrected chi connectivity index (χ0v) is 18.6. The first kappa shape index (κ1) is 21.0. The van der Waals surface area contributed by atoms with E-state index in [9.17, 15) is 4.79 Å². The number of H-pyrrole nitrogens is 1. The number of aromatic nitrogens is 3. The van der Waals surface area contributed by atoms with Gasteiger partial charge in [0.05, 0.1) is 29.1 Å². The third-order valence-corrected chi connectivity index (χ3v) is 6.07. The van der Waals surface area contributed by atoms with Crippen LogP contribution in [0.1, 0.15) is 11.1 Å². The Kier molecular flexibility index (Phi) is 5.68. The van der Waals surface area contributed by atoms with Crippen LogP contribution < -0.4 is 4.90 Å². The molecule has 0 aliphatic carbocycles. The molecular formula is C25H21ClN6O. The predicted molar refractivity (Wildman–Crippen MR) is 128 cm³/mol. The first-order valence-electron chi connectivity index (χ1n) is 10.7. The number of imidazole rings is 1. The molecule has 8 heteroatoms. The zero-order valence-electron chi connectivity index (χ0n) is 17.8. The number of rotatable bonds is 4. The summed E-state index contributed by atoms with van der Waals surface area (Å²) in [5.74, 6) is 1.71. The highest BCUT2D eigenvalue weighted by atomic mass is 35.5. The number of halogens is 1. The van der Waals surface area contributed by atoms with E-state index in [0.29, 0.717) is 30.1 Å². The highest BCUT2D eigenvalue weighted by Gasteiger charge is 2.22. The zero-order chi connectivity index (χ0) is 22.8. The number of anilines is 1. The van der Waals surface area contributed by atoms with Gasteiger partial charge in [0.2, 0.25) is 5.91 Å². The van der Waals surface area contributed by atoms with E-state index in [1.807, 2.05) is 53.6 Å². The van der Waals surface area contributed by atoms with Crippen LogP contribution in [0.25, 0.3) is 22.4 Å². The lowest BCUT2D eigenvalue weighted by Crippen LogP contribution is -2.49. The molecule has 0 radical (unpaired) electrons. The number of amides is 1. The second kappa shape index (κ2) is 8.93. The number of pyridine rings is 1. The smallest absolute Gasteiger partial charge is 0.227 e. The molecule has 4 aromatic rings. The molecule has 33 heavy (non-hydrogen) atoms. The van der Waals surface area contributed by atoms with E-state index in [0.717, 1.165) is 46.9 Å². The normalized spacial score (nSPS) is 13.8. The fraction of sp³-hybridized carbons (Fsp3) is 0.200. The Balaban J connectivity index is 1.21. The highest BCUT2D eigenvalue weighted by molar-refractivity contribution is 6.31. The molecule has 1 fully saturated rings. The quantitative estimate of drug-likeness (QED) is 0.500. The third kappa shape index (κ3) is 4.52. The minimum Gasteiger partial charge on any atom is -0.353 e. The van der Waals surface area contributed by atoms with Crippen LogP contribution in [0.3, 0.4) is 0 Å². The van der Waals surface area contributed by atoms with Crippen LogP contribution in [0.2, 0.25) is 5.02 Å². The average Bonchev–Trinajstić information content (AvgIpc) is 3.27. The molecule has 0 unspecified atom stereocenters. The molecule has 1 amide bonds. The van der Waals surface area contributed by atoms with Crippen molar-refractivity contribution in [3.8, 4) is 17.5 Å². The van der Waals surface area contributed by atoms with E-state index >= 15 is 0 Å². The molecule has 7 nitrogen and oxygen atoms in total. The largest absolute Gasteiger partial charge is 0.353 e. The Labute approximate surface area is 196 Å². The van der Waals surface area contributed by atoms with Crippen molar-refractivity contribution in [1.82, 2.24) is 19.9 Å². The second-order valence-electron chi connectivity index (χ2n) is 8.01. The lowest BCUT2D eigenvalue weighted by atomic mass is 10.1. The lowest BCUT2D eigenvalue weighted by Gasteiger charge is -2.35. The van der Waals surface area contributed by atoms with Crippen molar-refractivity contribution in [1.29, 1.82) is 5.26 Å². The van der Waals surface area contributed by atoms with Gasteiger partial charge in [-0.25, -0.2) is 9.97 Å². The molecule has 1 aliphatic heterocycles. The summed E-state index contributed by atoms with van der Waals surface area (Å²) in [4.78, 5) is 29.3. The number of nitrogens with zero attached hydrogens (tertiary/aromatic N) is 5.